The van der Waals surface area contributed by atoms with E-state index < -0.39 is 5.79 Å². The Kier molecular flexibility index (Phi) is 8.75. The number of aromatic nitrogens is 6. The average molecular weight is 678 g/mol. The van der Waals surface area contributed by atoms with Gasteiger partial charge in [-0.1, -0.05) is 19.1 Å². The molecule has 1 N–H and O–H groups in total. The van der Waals surface area contributed by atoms with Crippen LogP contribution in [0.2, 0.25) is 0 Å². The Balaban J connectivity index is 0.851. The van der Waals surface area contributed by atoms with Crippen molar-refractivity contribution in [3.63, 3.8) is 0 Å². The van der Waals surface area contributed by atoms with E-state index in [-0.39, 0.29) is 17.8 Å². The number of fused-ring (bicyclic) bond motifs is 1. The highest BCUT2D eigenvalue weighted by Crippen LogP contribution is 2.39. The van der Waals surface area contributed by atoms with E-state index in [1.807, 2.05) is 31.2 Å². The van der Waals surface area contributed by atoms with Gasteiger partial charge in [-0.3, -0.25) is 0 Å². The molecule has 0 radical (unpaired) electrons. The molecule has 2 aromatic heterocycles. The van der Waals surface area contributed by atoms with Gasteiger partial charge in [0.25, 0.3) is 0 Å². The van der Waals surface area contributed by atoms with Crippen molar-refractivity contribution in [1.29, 1.82) is 0 Å². The Hall–Kier alpha value is -5.14. The molecule has 1 unspecified atom stereocenters. The highest BCUT2D eigenvalue weighted by molar-refractivity contribution is 5.58. The standard InChI is InChI=1S/C37H43N9O4/c1-3-27(2)46-36(47)44(26-41-46)32-8-6-30(7-9-32)42-18-20-43(21-19-42)31-10-12-33(13-11-31)48-23-34-24-49-37(50-34,25-45-39-16-17-40-45)29-5-4-28-14-15-38-35(28)22-29/h4-13,16-17,22,26-27,34,38H,3,14-15,18-21,23-25H2,1-2H3/t27?,34-,37-/m1/s1. The van der Waals surface area contributed by atoms with Crippen molar-refractivity contribution in [2.24, 2.45) is 0 Å². The first kappa shape index (κ1) is 32.1. The van der Waals surface area contributed by atoms with Crippen LogP contribution in [0.15, 0.2) is 90.2 Å². The first-order valence-corrected chi connectivity index (χ1v) is 17.5. The monoisotopic (exact) mass is 677 g/mol. The van der Waals surface area contributed by atoms with Crippen LogP contribution in [-0.4, -0.2) is 81.4 Å². The van der Waals surface area contributed by atoms with Crippen molar-refractivity contribution in [3.8, 4) is 11.4 Å². The summed E-state index contributed by atoms with van der Waals surface area (Å²) in [6.45, 7) is 9.72. The molecule has 13 nitrogen and oxygen atoms in total. The van der Waals surface area contributed by atoms with Gasteiger partial charge in [0.15, 0.2) is 0 Å². The maximum Gasteiger partial charge on any atom is 0.350 e. The maximum absolute atomic E-state index is 12.8. The van der Waals surface area contributed by atoms with Crippen LogP contribution in [0.3, 0.4) is 0 Å². The summed E-state index contributed by atoms with van der Waals surface area (Å²) in [4.78, 5) is 19.2. The second-order valence-corrected chi connectivity index (χ2v) is 13.2. The van der Waals surface area contributed by atoms with Gasteiger partial charge in [0.1, 0.15) is 31.3 Å². The molecule has 13 heteroatoms. The third kappa shape index (κ3) is 6.34. The smallest absolute Gasteiger partial charge is 0.350 e. The molecule has 3 aliphatic rings. The van der Waals surface area contributed by atoms with E-state index in [1.165, 1.54) is 11.3 Å². The Morgan fingerprint density at radius 1 is 0.920 bits per heavy atom. The summed E-state index contributed by atoms with van der Waals surface area (Å²) in [7, 11) is 0. The molecule has 0 aliphatic carbocycles. The molecule has 3 aromatic carbocycles. The van der Waals surface area contributed by atoms with Crippen LogP contribution in [0.1, 0.15) is 37.4 Å². The van der Waals surface area contributed by atoms with Crippen molar-refractivity contribution in [2.45, 2.75) is 51.2 Å². The number of rotatable bonds is 11. The minimum atomic E-state index is -1.00. The largest absolute Gasteiger partial charge is 0.491 e. The molecule has 5 aromatic rings. The van der Waals surface area contributed by atoms with E-state index in [2.05, 4.69) is 79.8 Å². The summed E-state index contributed by atoms with van der Waals surface area (Å²) in [5.74, 6) is -0.213. The van der Waals surface area contributed by atoms with E-state index in [1.54, 1.807) is 32.8 Å². The highest BCUT2D eigenvalue weighted by atomic mass is 16.8. The van der Waals surface area contributed by atoms with E-state index in [0.29, 0.717) is 19.8 Å². The van der Waals surface area contributed by atoms with Crippen LogP contribution in [-0.2, 0) is 28.2 Å². The number of hydrogen-bond donors (Lipinski definition) is 1. The fourth-order valence-corrected chi connectivity index (χ4v) is 6.97. The molecule has 2 fully saturated rings. The van der Waals surface area contributed by atoms with Crippen molar-refractivity contribution in [2.75, 3.05) is 61.1 Å². The lowest BCUT2D eigenvalue weighted by atomic mass is 10.0. The molecule has 8 rings (SSSR count). The van der Waals surface area contributed by atoms with E-state index in [0.717, 1.165) is 73.9 Å². The number of ether oxygens (including phenoxy) is 3. The molecule has 3 atom stereocenters. The van der Waals surface area contributed by atoms with E-state index >= 15 is 0 Å². The second kappa shape index (κ2) is 13.6. The first-order chi connectivity index (χ1) is 24.5. The zero-order valence-corrected chi connectivity index (χ0v) is 28.5. The predicted octanol–water partition coefficient (Wildman–Crippen LogP) is 4.24. The van der Waals surface area contributed by atoms with Gasteiger partial charge in [-0.15, -0.1) is 0 Å². The summed E-state index contributed by atoms with van der Waals surface area (Å²) in [5.41, 5.74) is 6.40. The van der Waals surface area contributed by atoms with Crippen LogP contribution >= 0.6 is 0 Å². The molecule has 0 amide bonds. The second-order valence-electron chi connectivity index (χ2n) is 13.2. The molecule has 0 saturated carbocycles. The van der Waals surface area contributed by atoms with Crippen LogP contribution in [0, 0.1) is 0 Å². The van der Waals surface area contributed by atoms with Gasteiger partial charge in [-0.05, 0) is 79.9 Å². The molecule has 50 heavy (non-hydrogen) atoms. The molecular formula is C37H43N9O4. The van der Waals surface area contributed by atoms with Crippen molar-refractivity contribution >= 4 is 17.1 Å². The Labute approximate surface area is 291 Å². The zero-order valence-electron chi connectivity index (χ0n) is 28.5. The highest BCUT2D eigenvalue weighted by Gasteiger charge is 2.45. The van der Waals surface area contributed by atoms with Crippen LogP contribution < -0.4 is 25.5 Å². The lowest BCUT2D eigenvalue weighted by Gasteiger charge is -2.37. The van der Waals surface area contributed by atoms with Gasteiger partial charge >= 0.3 is 5.69 Å². The number of nitrogens with zero attached hydrogens (tertiary/aromatic N) is 8. The minimum absolute atomic E-state index is 0.0709. The average Bonchev–Trinajstić information content (AvgIpc) is 3.99. The molecule has 0 bridgehead atoms. The summed E-state index contributed by atoms with van der Waals surface area (Å²) in [6, 6.07) is 22.9. The number of piperazine rings is 1. The van der Waals surface area contributed by atoms with Gasteiger partial charge in [-0.25, -0.2) is 14.0 Å². The predicted molar refractivity (Wildman–Crippen MR) is 190 cm³/mol. The molecule has 260 valence electrons. The Bertz CT molecular complexity index is 1950. The Morgan fingerprint density at radius 2 is 1.60 bits per heavy atom. The molecule has 3 aliphatic heterocycles. The van der Waals surface area contributed by atoms with Crippen molar-refractivity contribution in [3.05, 3.63) is 107 Å². The number of benzene rings is 3. The molecule has 5 heterocycles. The number of nitrogens with one attached hydrogen (secondary N) is 1. The van der Waals surface area contributed by atoms with Gasteiger partial charge in [-0.2, -0.15) is 20.1 Å². The molecule has 2 saturated heterocycles. The van der Waals surface area contributed by atoms with Gasteiger partial charge in [0.05, 0.1) is 30.7 Å². The fourth-order valence-electron chi connectivity index (χ4n) is 6.97. The summed E-state index contributed by atoms with van der Waals surface area (Å²) < 4.78 is 22.3. The lowest BCUT2D eigenvalue weighted by molar-refractivity contribution is -0.192. The third-order valence-corrected chi connectivity index (χ3v) is 10.0. The van der Waals surface area contributed by atoms with Crippen LogP contribution in [0.4, 0.5) is 17.1 Å². The Morgan fingerprint density at radius 3 is 2.30 bits per heavy atom. The topological polar surface area (TPSA) is 117 Å². The van der Waals surface area contributed by atoms with Gasteiger partial charge < -0.3 is 29.3 Å². The third-order valence-electron chi connectivity index (χ3n) is 10.0. The first-order valence-electron chi connectivity index (χ1n) is 17.5. The van der Waals surface area contributed by atoms with Crippen LogP contribution in [0.5, 0.6) is 5.75 Å². The number of anilines is 3. The maximum atomic E-state index is 12.8. The summed E-state index contributed by atoms with van der Waals surface area (Å²) >= 11 is 0. The quantitative estimate of drug-likeness (QED) is 0.218. The van der Waals surface area contributed by atoms with Crippen molar-refractivity contribution in [1.82, 2.24) is 29.3 Å². The van der Waals surface area contributed by atoms with Gasteiger partial charge in [0, 0.05) is 55.3 Å². The summed E-state index contributed by atoms with van der Waals surface area (Å²) in [5, 5.41) is 16.4. The zero-order chi connectivity index (χ0) is 34.1. The van der Waals surface area contributed by atoms with Crippen molar-refractivity contribution < 1.29 is 14.2 Å². The number of hydrogen-bond acceptors (Lipinski definition) is 10. The van der Waals surface area contributed by atoms with E-state index in [9.17, 15) is 4.79 Å². The van der Waals surface area contributed by atoms with E-state index in [4.69, 9.17) is 14.2 Å². The molecular weight excluding hydrogens is 634 g/mol. The van der Waals surface area contributed by atoms with Gasteiger partial charge in [0.2, 0.25) is 5.79 Å². The minimum Gasteiger partial charge on any atom is -0.491 e. The lowest BCUT2D eigenvalue weighted by Crippen LogP contribution is -2.46. The van der Waals surface area contributed by atoms with Crippen LogP contribution in [0.25, 0.3) is 5.69 Å². The molecule has 0 spiro atoms. The SMILES string of the molecule is CCC(C)n1ncn(-c2ccc(N3CCN(c4ccc(OC[C@@H]5CO[C@@](Cn6nccn6)(c6ccc7c(c6)NCC7)O5)cc4)CC3)cc2)c1=O. The normalized spacial score (nSPS) is 20.9. The fraction of sp³-hybridized carbons (Fsp3) is 0.405. The summed E-state index contributed by atoms with van der Waals surface area (Å²) in [6.07, 6.45) is 6.55.